The van der Waals surface area contributed by atoms with Crippen molar-refractivity contribution in [2.75, 3.05) is 5.32 Å². The third kappa shape index (κ3) is 3.02. The Morgan fingerprint density at radius 1 is 0.952 bits per heavy atom. The van der Waals surface area contributed by atoms with Crippen molar-refractivity contribution >= 4 is 11.6 Å². The molecule has 0 aliphatic carbocycles. The van der Waals surface area contributed by atoms with E-state index < -0.39 is 11.6 Å². The van der Waals surface area contributed by atoms with E-state index in [9.17, 15) is 8.78 Å². The maximum Gasteiger partial charge on any atom is 0.227 e. The molecule has 5 nitrogen and oxygen atoms in total. The van der Waals surface area contributed by atoms with Crippen LogP contribution in [0.25, 0.3) is 11.1 Å². The minimum atomic E-state index is -0.663. The highest BCUT2D eigenvalue weighted by molar-refractivity contribution is 5.61. The van der Waals surface area contributed by atoms with Crippen LogP contribution in [-0.4, -0.2) is 19.7 Å². The van der Waals surface area contributed by atoms with Crippen LogP contribution in [0.3, 0.4) is 0 Å². The minimum Gasteiger partial charge on any atom is -0.324 e. The first-order chi connectivity index (χ1) is 10.1. The number of halogens is 2. The number of anilines is 2. The molecule has 7 heteroatoms. The van der Waals surface area contributed by atoms with Gasteiger partial charge in [0.25, 0.3) is 0 Å². The summed E-state index contributed by atoms with van der Waals surface area (Å²) in [6, 6.07) is 3.14. The van der Waals surface area contributed by atoms with Gasteiger partial charge in [0.1, 0.15) is 11.6 Å². The van der Waals surface area contributed by atoms with E-state index in [1.807, 2.05) is 13.2 Å². The number of hydrogen-bond acceptors (Lipinski definition) is 4. The molecule has 21 heavy (non-hydrogen) atoms. The molecule has 1 aromatic carbocycles. The Bertz CT molecular complexity index is 747. The predicted octanol–water partition coefficient (Wildman–Crippen LogP) is 2.90. The molecule has 0 saturated heterocycles. The highest BCUT2D eigenvalue weighted by Gasteiger charge is 2.05. The molecule has 2 heterocycles. The zero-order valence-electron chi connectivity index (χ0n) is 11.1. The average Bonchev–Trinajstić information content (AvgIpc) is 2.85. The minimum absolute atomic E-state index is 0.252. The Kier molecular flexibility index (Phi) is 3.31. The average molecular weight is 287 g/mol. The van der Waals surface area contributed by atoms with Crippen LogP contribution >= 0.6 is 0 Å². The van der Waals surface area contributed by atoms with E-state index in [4.69, 9.17) is 0 Å². The molecule has 0 fully saturated rings. The number of hydrogen-bond donors (Lipinski definition) is 1. The second-order valence-electron chi connectivity index (χ2n) is 4.48. The van der Waals surface area contributed by atoms with Gasteiger partial charge in [0.15, 0.2) is 0 Å². The largest absolute Gasteiger partial charge is 0.324 e. The van der Waals surface area contributed by atoms with E-state index in [0.29, 0.717) is 0 Å². The number of nitrogens with one attached hydrogen (secondary N) is 1. The first-order valence-corrected chi connectivity index (χ1v) is 6.14. The highest BCUT2D eigenvalue weighted by Crippen LogP contribution is 2.19. The van der Waals surface area contributed by atoms with Crippen molar-refractivity contribution in [3.8, 4) is 11.1 Å². The molecule has 1 N–H and O–H groups in total. The topological polar surface area (TPSA) is 55.6 Å². The second kappa shape index (κ2) is 5.28. The Balaban J connectivity index is 1.81. The van der Waals surface area contributed by atoms with Gasteiger partial charge in [-0.2, -0.15) is 5.10 Å². The van der Waals surface area contributed by atoms with Crippen LogP contribution in [0, 0.1) is 11.6 Å². The quantitative estimate of drug-likeness (QED) is 0.804. The van der Waals surface area contributed by atoms with Crippen LogP contribution in [0.2, 0.25) is 0 Å². The summed E-state index contributed by atoms with van der Waals surface area (Å²) in [6.45, 7) is 0. The summed E-state index contributed by atoms with van der Waals surface area (Å²) in [5.74, 6) is -1.07. The van der Waals surface area contributed by atoms with Crippen LogP contribution in [0.5, 0.6) is 0 Å². The van der Waals surface area contributed by atoms with Crippen LogP contribution in [0.1, 0.15) is 0 Å². The fourth-order valence-electron chi connectivity index (χ4n) is 1.87. The number of rotatable bonds is 3. The summed E-state index contributed by atoms with van der Waals surface area (Å²) in [5, 5.41) is 6.81. The van der Waals surface area contributed by atoms with Crippen molar-refractivity contribution in [2.45, 2.75) is 0 Å². The summed E-state index contributed by atoms with van der Waals surface area (Å²) in [5.41, 5.74) is 1.95. The molecule has 0 amide bonds. The molecule has 0 aliphatic rings. The maximum absolute atomic E-state index is 13.1. The van der Waals surface area contributed by atoms with Crippen molar-refractivity contribution in [1.29, 1.82) is 0 Å². The molecule has 3 aromatic rings. The van der Waals surface area contributed by atoms with E-state index in [-0.39, 0.29) is 11.6 Å². The molecule has 0 atom stereocenters. The van der Waals surface area contributed by atoms with Crippen LogP contribution in [0.4, 0.5) is 20.4 Å². The summed E-state index contributed by atoms with van der Waals surface area (Å²) < 4.78 is 27.9. The Morgan fingerprint density at radius 2 is 1.62 bits per heavy atom. The van der Waals surface area contributed by atoms with Gasteiger partial charge in [0.2, 0.25) is 5.95 Å². The Morgan fingerprint density at radius 3 is 2.19 bits per heavy atom. The molecule has 0 bridgehead atoms. The number of aromatic nitrogens is 4. The number of aryl methyl sites for hydroxylation is 1. The van der Waals surface area contributed by atoms with Gasteiger partial charge in [-0.15, -0.1) is 0 Å². The molecule has 0 radical (unpaired) electrons. The van der Waals surface area contributed by atoms with Gasteiger partial charge >= 0.3 is 0 Å². The lowest BCUT2D eigenvalue weighted by Gasteiger charge is -2.05. The van der Waals surface area contributed by atoms with Crippen molar-refractivity contribution in [2.24, 2.45) is 7.05 Å². The monoisotopic (exact) mass is 287 g/mol. The third-order valence-corrected chi connectivity index (χ3v) is 2.81. The van der Waals surface area contributed by atoms with Crippen molar-refractivity contribution < 1.29 is 8.78 Å². The molecular formula is C14H11F2N5. The lowest BCUT2D eigenvalue weighted by Crippen LogP contribution is -1.97. The van der Waals surface area contributed by atoms with Gasteiger partial charge in [-0.3, -0.25) is 4.68 Å². The van der Waals surface area contributed by atoms with Gasteiger partial charge in [-0.25, -0.2) is 18.7 Å². The molecule has 0 saturated carbocycles. The first-order valence-electron chi connectivity index (χ1n) is 6.14. The van der Waals surface area contributed by atoms with Crippen molar-refractivity contribution in [1.82, 2.24) is 19.7 Å². The van der Waals surface area contributed by atoms with E-state index in [0.717, 1.165) is 17.2 Å². The van der Waals surface area contributed by atoms with Gasteiger partial charge in [-0.1, -0.05) is 0 Å². The molecule has 0 aliphatic heterocycles. The standard InChI is InChI=1S/C14H11F2N5/c1-21-8-10(7-19-21)9-5-17-14(18-6-9)20-13-3-11(15)2-12(16)4-13/h2-8H,1H3,(H,17,18,20). The van der Waals surface area contributed by atoms with Crippen molar-refractivity contribution in [3.05, 3.63) is 54.6 Å². The number of benzene rings is 1. The highest BCUT2D eigenvalue weighted by atomic mass is 19.1. The van der Waals surface area contributed by atoms with Gasteiger partial charge < -0.3 is 5.32 Å². The lowest BCUT2D eigenvalue weighted by atomic mass is 10.2. The summed E-state index contributed by atoms with van der Waals surface area (Å²) >= 11 is 0. The Labute approximate surface area is 119 Å². The zero-order valence-corrected chi connectivity index (χ0v) is 11.1. The fraction of sp³-hybridized carbons (Fsp3) is 0.0714. The summed E-state index contributed by atoms with van der Waals surface area (Å²) in [7, 11) is 1.82. The second-order valence-corrected chi connectivity index (χ2v) is 4.48. The van der Waals surface area contributed by atoms with E-state index in [1.54, 1.807) is 23.3 Å². The van der Waals surface area contributed by atoms with Gasteiger partial charge in [0, 0.05) is 48.5 Å². The molecule has 106 valence electrons. The molecule has 0 spiro atoms. The van der Waals surface area contributed by atoms with Gasteiger partial charge in [0.05, 0.1) is 6.20 Å². The summed E-state index contributed by atoms with van der Waals surface area (Å²) in [4.78, 5) is 8.23. The van der Waals surface area contributed by atoms with Crippen LogP contribution < -0.4 is 5.32 Å². The van der Waals surface area contributed by atoms with Crippen molar-refractivity contribution in [3.63, 3.8) is 0 Å². The maximum atomic E-state index is 13.1. The molecule has 3 rings (SSSR count). The predicted molar refractivity (Wildman–Crippen MR) is 73.9 cm³/mol. The Hall–Kier alpha value is -2.83. The zero-order chi connectivity index (χ0) is 14.8. The lowest BCUT2D eigenvalue weighted by molar-refractivity contribution is 0.584. The molecular weight excluding hydrogens is 276 g/mol. The van der Waals surface area contributed by atoms with Crippen LogP contribution in [0.15, 0.2) is 43.0 Å². The SMILES string of the molecule is Cn1cc(-c2cnc(Nc3cc(F)cc(F)c3)nc2)cn1. The third-order valence-electron chi connectivity index (χ3n) is 2.81. The normalized spacial score (nSPS) is 10.6. The van der Waals surface area contributed by atoms with Crippen LogP contribution in [-0.2, 0) is 7.05 Å². The van der Waals surface area contributed by atoms with E-state index >= 15 is 0 Å². The smallest absolute Gasteiger partial charge is 0.227 e. The van der Waals surface area contributed by atoms with Gasteiger partial charge in [-0.05, 0) is 12.1 Å². The first kappa shape index (κ1) is 13.2. The summed E-state index contributed by atoms with van der Waals surface area (Å²) in [6.07, 6.45) is 6.77. The molecule has 0 unspecified atom stereocenters. The number of nitrogens with zero attached hydrogens (tertiary/aromatic N) is 4. The fourth-order valence-corrected chi connectivity index (χ4v) is 1.87. The van der Waals surface area contributed by atoms with E-state index in [1.165, 1.54) is 12.1 Å². The van der Waals surface area contributed by atoms with E-state index in [2.05, 4.69) is 20.4 Å². The molecule has 2 aromatic heterocycles.